The highest BCUT2D eigenvalue weighted by molar-refractivity contribution is 8.00. The minimum absolute atomic E-state index is 0.155. The predicted octanol–water partition coefficient (Wildman–Crippen LogP) is 4.45. The molecule has 0 amide bonds. The summed E-state index contributed by atoms with van der Waals surface area (Å²) in [5, 5.41) is 5.14. The maximum Gasteiger partial charge on any atom is 0.183 e. The minimum atomic E-state index is 0.155. The largest absolute Gasteiger partial charge is 0.497 e. The fraction of sp³-hybridized carbons (Fsp3) is 0.381. The molecule has 0 spiro atoms. The Balaban J connectivity index is 1.49. The number of thiophene rings is 1. The Hall–Kier alpha value is -1.96. The molecule has 7 heteroatoms. The topological polar surface area (TPSA) is 64.1 Å². The van der Waals surface area contributed by atoms with Crippen molar-refractivity contribution in [3.63, 3.8) is 0 Å². The summed E-state index contributed by atoms with van der Waals surface area (Å²) < 4.78 is 5.33. The number of hydrogen-bond acceptors (Lipinski definition) is 7. The van der Waals surface area contributed by atoms with E-state index < -0.39 is 0 Å². The molecule has 1 fully saturated rings. The number of hydrogen-bond donors (Lipinski definition) is 1. The molecule has 0 atom stereocenters. The lowest BCUT2D eigenvalue weighted by Crippen LogP contribution is -2.26. The van der Waals surface area contributed by atoms with Crippen molar-refractivity contribution in [2.75, 3.05) is 26.0 Å². The molecule has 3 aromatic rings. The molecule has 146 valence electrons. The monoisotopic (exact) mass is 413 g/mol. The summed E-state index contributed by atoms with van der Waals surface area (Å²) in [4.78, 5) is 24.0. The van der Waals surface area contributed by atoms with E-state index in [0.29, 0.717) is 17.5 Å². The van der Waals surface area contributed by atoms with Crippen molar-refractivity contribution < 1.29 is 9.53 Å². The van der Waals surface area contributed by atoms with Crippen LogP contribution in [-0.2, 0) is 0 Å². The third kappa shape index (κ3) is 4.21. The number of Topliss-reactive ketones (excluding diaryl/α,β-unsaturated/α-hetero) is 1. The van der Waals surface area contributed by atoms with Crippen molar-refractivity contribution in [2.45, 2.75) is 30.7 Å². The first-order valence-corrected chi connectivity index (χ1v) is 11.2. The van der Waals surface area contributed by atoms with Crippen molar-refractivity contribution >= 4 is 39.8 Å². The van der Waals surface area contributed by atoms with Crippen LogP contribution in [0.3, 0.4) is 0 Å². The molecule has 3 heterocycles. The van der Waals surface area contributed by atoms with Crippen LogP contribution in [-0.4, -0.2) is 41.7 Å². The molecule has 1 aromatic carbocycles. The zero-order valence-corrected chi connectivity index (χ0v) is 17.7. The van der Waals surface area contributed by atoms with Crippen molar-refractivity contribution in [2.24, 2.45) is 0 Å². The van der Waals surface area contributed by atoms with E-state index in [4.69, 9.17) is 4.74 Å². The second kappa shape index (κ2) is 8.59. The first-order chi connectivity index (χ1) is 13.6. The smallest absolute Gasteiger partial charge is 0.183 e. The first-order valence-electron chi connectivity index (χ1n) is 9.43. The molecule has 0 aliphatic carbocycles. The van der Waals surface area contributed by atoms with Crippen LogP contribution in [0.25, 0.3) is 10.9 Å². The standard InChI is InChI=1S/C21H23N3O2S2/c1-13-23-17-4-3-15(26-2)11-16(17)21(24-13)27-12-18(25)20-6-5-19(28-20)14-7-9-22-10-8-14/h3-6,11,14,22H,7-10,12H2,1-2H3. The Morgan fingerprint density at radius 2 is 2.07 bits per heavy atom. The van der Waals surface area contributed by atoms with Gasteiger partial charge in [-0.1, -0.05) is 11.8 Å². The molecule has 0 saturated carbocycles. The first kappa shape index (κ1) is 19.4. The number of nitrogens with zero attached hydrogens (tertiary/aromatic N) is 2. The second-order valence-electron chi connectivity index (χ2n) is 6.90. The van der Waals surface area contributed by atoms with Gasteiger partial charge in [0.25, 0.3) is 0 Å². The Labute approximate surface area is 172 Å². The van der Waals surface area contributed by atoms with Gasteiger partial charge in [0.05, 0.1) is 23.3 Å². The highest BCUT2D eigenvalue weighted by Gasteiger charge is 2.19. The van der Waals surface area contributed by atoms with Crippen LogP contribution in [0.5, 0.6) is 5.75 Å². The van der Waals surface area contributed by atoms with E-state index in [0.717, 1.165) is 52.5 Å². The average Bonchev–Trinajstić information content (AvgIpc) is 3.22. The lowest BCUT2D eigenvalue weighted by atomic mass is 9.97. The Bertz CT molecular complexity index is 996. The van der Waals surface area contributed by atoms with E-state index in [9.17, 15) is 4.79 Å². The van der Waals surface area contributed by atoms with E-state index in [-0.39, 0.29) is 5.78 Å². The van der Waals surface area contributed by atoms with Gasteiger partial charge >= 0.3 is 0 Å². The molecule has 2 aromatic heterocycles. The molecule has 0 bridgehead atoms. The summed E-state index contributed by atoms with van der Waals surface area (Å²) in [7, 11) is 1.64. The van der Waals surface area contributed by atoms with Crippen molar-refractivity contribution in [3.8, 4) is 5.75 Å². The molecule has 0 radical (unpaired) electrons. The number of ketones is 1. The molecule has 5 nitrogen and oxygen atoms in total. The number of methoxy groups -OCH3 is 1. The number of aryl methyl sites for hydroxylation is 1. The quantitative estimate of drug-likeness (QED) is 0.366. The second-order valence-corrected chi connectivity index (χ2v) is 8.98. The van der Waals surface area contributed by atoms with Gasteiger partial charge < -0.3 is 10.1 Å². The van der Waals surface area contributed by atoms with Gasteiger partial charge in [0.1, 0.15) is 16.6 Å². The van der Waals surface area contributed by atoms with E-state index in [2.05, 4.69) is 21.4 Å². The predicted molar refractivity (Wildman–Crippen MR) is 115 cm³/mol. The summed E-state index contributed by atoms with van der Waals surface area (Å²) in [6, 6.07) is 9.87. The minimum Gasteiger partial charge on any atom is -0.497 e. The van der Waals surface area contributed by atoms with Crippen LogP contribution < -0.4 is 10.1 Å². The molecule has 4 rings (SSSR count). The third-order valence-electron chi connectivity index (χ3n) is 4.96. The number of ether oxygens (including phenoxy) is 1. The lowest BCUT2D eigenvalue weighted by Gasteiger charge is -2.21. The molecule has 0 unspecified atom stereocenters. The number of benzene rings is 1. The molecule has 1 aliphatic rings. The van der Waals surface area contributed by atoms with Crippen LogP contribution in [0.4, 0.5) is 0 Å². The number of piperidine rings is 1. The van der Waals surface area contributed by atoms with Gasteiger partial charge in [-0.25, -0.2) is 9.97 Å². The normalized spacial score (nSPS) is 15.1. The fourth-order valence-corrected chi connectivity index (χ4v) is 5.61. The molecular weight excluding hydrogens is 390 g/mol. The van der Waals surface area contributed by atoms with Gasteiger partial charge in [-0.3, -0.25) is 4.79 Å². The molecule has 1 aliphatic heterocycles. The zero-order chi connectivity index (χ0) is 19.5. The van der Waals surface area contributed by atoms with E-state index in [1.807, 2.05) is 31.2 Å². The fourth-order valence-electron chi connectivity index (χ4n) is 3.46. The van der Waals surface area contributed by atoms with Gasteiger partial charge in [0.15, 0.2) is 5.78 Å². The van der Waals surface area contributed by atoms with E-state index in [1.165, 1.54) is 16.6 Å². The van der Waals surface area contributed by atoms with Crippen LogP contribution >= 0.6 is 23.1 Å². The van der Waals surface area contributed by atoms with Gasteiger partial charge in [0.2, 0.25) is 0 Å². The van der Waals surface area contributed by atoms with Crippen molar-refractivity contribution in [1.82, 2.24) is 15.3 Å². The van der Waals surface area contributed by atoms with Crippen LogP contribution in [0.1, 0.15) is 39.1 Å². The SMILES string of the molecule is COc1ccc2nc(C)nc(SCC(=O)c3ccc(C4CCNCC4)s3)c2c1. The summed E-state index contributed by atoms with van der Waals surface area (Å²) in [6.45, 7) is 4.00. The number of thioether (sulfide) groups is 1. The number of nitrogens with one attached hydrogen (secondary N) is 1. The van der Waals surface area contributed by atoms with Gasteiger partial charge in [-0.05, 0) is 69.1 Å². The molecule has 1 saturated heterocycles. The summed E-state index contributed by atoms with van der Waals surface area (Å²) in [6.07, 6.45) is 2.30. The van der Waals surface area contributed by atoms with Crippen LogP contribution in [0, 0.1) is 6.92 Å². The number of fused-ring (bicyclic) bond motifs is 1. The molecular formula is C21H23N3O2S2. The summed E-state index contributed by atoms with van der Waals surface area (Å²) in [5.74, 6) is 2.58. The summed E-state index contributed by atoms with van der Waals surface area (Å²) >= 11 is 3.12. The number of carbonyl (C=O) groups is 1. The zero-order valence-electron chi connectivity index (χ0n) is 16.0. The number of rotatable bonds is 6. The number of aromatic nitrogens is 2. The van der Waals surface area contributed by atoms with Crippen LogP contribution in [0.15, 0.2) is 35.4 Å². The van der Waals surface area contributed by atoms with Gasteiger partial charge in [-0.15, -0.1) is 11.3 Å². The van der Waals surface area contributed by atoms with Crippen LogP contribution in [0.2, 0.25) is 0 Å². The molecule has 28 heavy (non-hydrogen) atoms. The van der Waals surface area contributed by atoms with E-state index in [1.54, 1.807) is 18.4 Å². The summed E-state index contributed by atoms with van der Waals surface area (Å²) in [5.41, 5.74) is 0.868. The van der Waals surface area contributed by atoms with Gasteiger partial charge in [-0.2, -0.15) is 0 Å². The van der Waals surface area contributed by atoms with Crippen molar-refractivity contribution in [1.29, 1.82) is 0 Å². The Kier molecular flexibility index (Phi) is 5.94. The maximum atomic E-state index is 12.8. The highest BCUT2D eigenvalue weighted by atomic mass is 32.2. The average molecular weight is 414 g/mol. The maximum absolute atomic E-state index is 12.8. The highest BCUT2D eigenvalue weighted by Crippen LogP contribution is 2.33. The number of carbonyl (C=O) groups excluding carboxylic acids is 1. The van der Waals surface area contributed by atoms with Gasteiger partial charge in [0, 0.05) is 10.3 Å². The Morgan fingerprint density at radius 3 is 2.86 bits per heavy atom. The molecule has 1 N–H and O–H groups in total. The van der Waals surface area contributed by atoms with Crippen molar-refractivity contribution in [3.05, 3.63) is 45.9 Å². The van der Waals surface area contributed by atoms with E-state index >= 15 is 0 Å². The Morgan fingerprint density at radius 1 is 1.25 bits per heavy atom. The third-order valence-corrected chi connectivity index (χ3v) is 7.24. The lowest BCUT2D eigenvalue weighted by molar-refractivity contribution is 0.102.